The van der Waals surface area contributed by atoms with Crippen LogP contribution in [0, 0.1) is 0 Å². The van der Waals surface area contributed by atoms with Gasteiger partial charge in [0.15, 0.2) is 5.13 Å². The first-order valence-electron chi connectivity index (χ1n) is 8.16. The van der Waals surface area contributed by atoms with Crippen LogP contribution in [0.15, 0.2) is 0 Å². The first-order valence-corrected chi connectivity index (χ1v) is 8.97. The minimum Gasteiger partial charge on any atom is -0.391 e. The zero-order valence-corrected chi connectivity index (χ0v) is 14.6. The number of likely N-dealkylation sites (N-methyl/N-ethyl adjacent to an activating group) is 1. The fourth-order valence-corrected chi connectivity index (χ4v) is 4.15. The monoisotopic (exact) mass is 311 g/mol. The van der Waals surface area contributed by atoms with Crippen molar-refractivity contribution in [1.29, 1.82) is 0 Å². The van der Waals surface area contributed by atoms with Crippen molar-refractivity contribution in [2.75, 3.05) is 31.6 Å². The maximum absolute atomic E-state index is 9.64. The molecule has 0 aromatic carbocycles. The lowest BCUT2D eigenvalue weighted by molar-refractivity contribution is 0.283. The van der Waals surface area contributed by atoms with Crippen molar-refractivity contribution < 1.29 is 5.11 Å². The molecule has 0 bridgehead atoms. The lowest BCUT2D eigenvalue weighted by atomic mass is 10.0. The van der Waals surface area contributed by atoms with E-state index >= 15 is 0 Å². The second-order valence-corrected chi connectivity index (χ2v) is 7.21. The van der Waals surface area contributed by atoms with Gasteiger partial charge in [0.25, 0.3) is 0 Å². The first-order chi connectivity index (χ1) is 10.1. The molecule has 0 amide bonds. The van der Waals surface area contributed by atoms with E-state index in [-0.39, 0.29) is 6.61 Å². The molecule has 2 rings (SSSR count). The molecule has 5 heteroatoms. The van der Waals surface area contributed by atoms with Crippen LogP contribution in [0.3, 0.4) is 0 Å². The molecule has 1 aromatic heterocycles. The Morgan fingerprint density at radius 1 is 1.38 bits per heavy atom. The summed E-state index contributed by atoms with van der Waals surface area (Å²) in [6.45, 7) is 10.1. The van der Waals surface area contributed by atoms with Gasteiger partial charge in [-0.3, -0.25) is 0 Å². The predicted octanol–water partition coefficient (Wildman–Crippen LogP) is 3.07. The maximum atomic E-state index is 9.64. The van der Waals surface area contributed by atoms with Crippen LogP contribution in [-0.4, -0.2) is 47.7 Å². The molecule has 1 saturated heterocycles. The van der Waals surface area contributed by atoms with Gasteiger partial charge in [-0.15, -0.1) is 0 Å². The molecule has 1 aliphatic rings. The summed E-state index contributed by atoms with van der Waals surface area (Å²) in [7, 11) is 2.21. The quantitative estimate of drug-likeness (QED) is 0.907. The summed E-state index contributed by atoms with van der Waals surface area (Å²) in [6, 6.07) is 0.528. The normalized spacial score (nSPS) is 22.3. The minimum absolute atomic E-state index is 0.113. The molecule has 120 valence electrons. The van der Waals surface area contributed by atoms with Crippen molar-refractivity contribution in [3.8, 4) is 0 Å². The van der Waals surface area contributed by atoms with Crippen LogP contribution in [0.5, 0.6) is 0 Å². The SMILES string of the molecule is CCC(C)c1nc(N2CCCN(C)CC2CC)sc1CO. The summed E-state index contributed by atoms with van der Waals surface area (Å²) in [6.07, 6.45) is 3.38. The van der Waals surface area contributed by atoms with Crippen LogP contribution in [0.4, 0.5) is 5.13 Å². The Balaban J connectivity index is 2.28. The van der Waals surface area contributed by atoms with E-state index in [2.05, 4.69) is 37.6 Å². The van der Waals surface area contributed by atoms with Crippen molar-refractivity contribution in [1.82, 2.24) is 9.88 Å². The molecule has 1 aromatic rings. The highest BCUT2D eigenvalue weighted by Gasteiger charge is 2.26. The predicted molar refractivity (Wildman–Crippen MR) is 90.3 cm³/mol. The number of aliphatic hydroxyl groups excluding tert-OH is 1. The average Bonchev–Trinajstić information content (AvgIpc) is 2.83. The third kappa shape index (κ3) is 3.76. The second-order valence-electron chi connectivity index (χ2n) is 6.14. The van der Waals surface area contributed by atoms with E-state index in [1.54, 1.807) is 11.3 Å². The summed E-state index contributed by atoms with van der Waals surface area (Å²) in [5.41, 5.74) is 1.10. The Hall–Kier alpha value is -0.650. The zero-order valence-electron chi connectivity index (χ0n) is 13.8. The van der Waals surface area contributed by atoms with Gasteiger partial charge in [-0.2, -0.15) is 0 Å². The fraction of sp³-hybridized carbons (Fsp3) is 0.812. The summed E-state index contributed by atoms with van der Waals surface area (Å²) < 4.78 is 0. The molecule has 2 atom stereocenters. The van der Waals surface area contributed by atoms with Gasteiger partial charge in [0.05, 0.1) is 17.2 Å². The van der Waals surface area contributed by atoms with E-state index in [9.17, 15) is 5.11 Å². The highest BCUT2D eigenvalue weighted by Crippen LogP contribution is 2.34. The smallest absolute Gasteiger partial charge is 0.186 e. The number of nitrogens with zero attached hydrogens (tertiary/aromatic N) is 3. The Kier molecular flexibility index (Phi) is 6.02. The average molecular weight is 311 g/mol. The number of thiazole rings is 1. The molecule has 0 aliphatic carbocycles. The van der Waals surface area contributed by atoms with E-state index < -0.39 is 0 Å². The van der Waals surface area contributed by atoms with E-state index in [4.69, 9.17) is 4.98 Å². The van der Waals surface area contributed by atoms with Gasteiger partial charge < -0.3 is 14.9 Å². The molecule has 2 heterocycles. The Morgan fingerprint density at radius 2 is 2.14 bits per heavy atom. The van der Waals surface area contributed by atoms with Crippen molar-refractivity contribution in [3.05, 3.63) is 10.6 Å². The number of rotatable bonds is 5. The summed E-state index contributed by atoms with van der Waals surface area (Å²) in [4.78, 5) is 10.8. The lowest BCUT2D eigenvalue weighted by Crippen LogP contribution is -2.39. The third-order valence-corrected chi connectivity index (χ3v) is 5.65. The van der Waals surface area contributed by atoms with Crippen LogP contribution >= 0.6 is 11.3 Å². The molecular weight excluding hydrogens is 282 g/mol. The van der Waals surface area contributed by atoms with Crippen LogP contribution in [-0.2, 0) is 6.61 Å². The molecule has 1 aliphatic heterocycles. The highest BCUT2D eigenvalue weighted by atomic mass is 32.1. The van der Waals surface area contributed by atoms with Crippen molar-refractivity contribution >= 4 is 16.5 Å². The molecule has 1 N–H and O–H groups in total. The Labute approximate surface area is 132 Å². The van der Waals surface area contributed by atoms with E-state index in [0.29, 0.717) is 12.0 Å². The number of hydrogen-bond acceptors (Lipinski definition) is 5. The molecule has 0 saturated carbocycles. The number of anilines is 1. The molecule has 4 nitrogen and oxygen atoms in total. The topological polar surface area (TPSA) is 39.6 Å². The van der Waals surface area contributed by atoms with Gasteiger partial charge in [0.2, 0.25) is 0 Å². The molecule has 2 unspecified atom stereocenters. The van der Waals surface area contributed by atoms with Crippen molar-refractivity contribution in [3.63, 3.8) is 0 Å². The number of aliphatic hydroxyl groups is 1. The van der Waals surface area contributed by atoms with Crippen molar-refractivity contribution in [2.45, 2.75) is 58.6 Å². The van der Waals surface area contributed by atoms with E-state index in [0.717, 1.165) is 48.2 Å². The van der Waals surface area contributed by atoms with E-state index in [1.165, 1.54) is 6.42 Å². The molecule has 0 radical (unpaired) electrons. The first kappa shape index (κ1) is 16.7. The summed E-state index contributed by atoms with van der Waals surface area (Å²) in [5.74, 6) is 0.423. The van der Waals surface area contributed by atoms with Gasteiger partial charge in [-0.05, 0) is 38.8 Å². The second kappa shape index (κ2) is 7.56. The standard InChI is InChI=1S/C16H29N3OS/c1-5-12(3)15-14(11-20)21-16(17-15)19-9-7-8-18(4)10-13(19)6-2/h12-13,20H,5-11H2,1-4H3. The summed E-state index contributed by atoms with van der Waals surface area (Å²) in [5, 5.41) is 10.7. The zero-order chi connectivity index (χ0) is 15.4. The van der Waals surface area contributed by atoms with Gasteiger partial charge in [0.1, 0.15) is 0 Å². The van der Waals surface area contributed by atoms with Gasteiger partial charge in [-0.1, -0.05) is 32.1 Å². The molecular formula is C16H29N3OS. The van der Waals surface area contributed by atoms with Gasteiger partial charge in [0, 0.05) is 19.1 Å². The van der Waals surface area contributed by atoms with Crippen LogP contribution in [0.25, 0.3) is 0 Å². The van der Waals surface area contributed by atoms with Crippen molar-refractivity contribution in [2.24, 2.45) is 0 Å². The van der Waals surface area contributed by atoms with Gasteiger partial charge in [-0.25, -0.2) is 4.98 Å². The third-order valence-electron chi connectivity index (χ3n) is 4.56. The maximum Gasteiger partial charge on any atom is 0.186 e. The molecule has 0 spiro atoms. The van der Waals surface area contributed by atoms with Crippen LogP contribution in [0.2, 0.25) is 0 Å². The lowest BCUT2D eigenvalue weighted by Gasteiger charge is -2.29. The Morgan fingerprint density at radius 3 is 2.76 bits per heavy atom. The van der Waals surface area contributed by atoms with Crippen LogP contribution in [0.1, 0.15) is 56.5 Å². The van der Waals surface area contributed by atoms with E-state index in [1.807, 2.05) is 0 Å². The molecule has 21 heavy (non-hydrogen) atoms. The summed E-state index contributed by atoms with van der Waals surface area (Å²) >= 11 is 1.69. The number of hydrogen-bond donors (Lipinski definition) is 1. The molecule has 1 fully saturated rings. The van der Waals surface area contributed by atoms with Gasteiger partial charge >= 0.3 is 0 Å². The minimum atomic E-state index is 0.113. The Bertz CT molecular complexity index is 449. The number of aromatic nitrogens is 1. The van der Waals surface area contributed by atoms with Crippen LogP contribution < -0.4 is 4.90 Å². The highest BCUT2D eigenvalue weighted by molar-refractivity contribution is 7.15. The fourth-order valence-electron chi connectivity index (χ4n) is 3.01. The largest absolute Gasteiger partial charge is 0.391 e.